The predicted octanol–water partition coefficient (Wildman–Crippen LogP) is 3.47. The molecular weight excluding hydrogens is 246 g/mol. The van der Waals surface area contributed by atoms with Crippen molar-refractivity contribution in [3.05, 3.63) is 48.0 Å². The first-order valence-electron chi connectivity index (χ1n) is 7.49. The summed E-state index contributed by atoms with van der Waals surface area (Å²) in [5, 5.41) is 2.40. The maximum atomic E-state index is 12.5. The van der Waals surface area contributed by atoms with Crippen molar-refractivity contribution in [2.75, 3.05) is 0 Å². The molecular formula is C18H21NO. The molecule has 0 aromatic heterocycles. The van der Waals surface area contributed by atoms with Crippen LogP contribution in [0.1, 0.15) is 31.2 Å². The van der Waals surface area contributed by atoms with E-state index in [-0.39, 0.29) is 12.0 Å². The van der Waals surface area contributed by atoms with Crippen LogP contribution in [0.2, 0.25) is 0 Å². The average molecular weight is 267 g/mol. The maximum absolute atomic E-state index is 12.5. The van der Waals surface area contributed by atoms with Crippen LogP contribution >= 0.6 is 0 Å². The molecule has 2 N–H and O–H groups in total. The van der Waals surface area contributed by atoms with E-state index in [0.29, 0.717) is 12.2 Å². The van der Waals surface area contributed by atoms with Gasteiger partial charge in [-0.25, -0.2) is 0 Å². The van der Waals surface area contributed by atoms with Gasteiger partial charge in [-0.05, 0) is 35.6 Å². The SMILES string of the molecule is NC1CCCC(C(=O)Cc2cccc3ccccc23)C1. The van der Waals surface area contributed by atoms with Crippen molar-refractivity contribution in [3.8, 4) is 0 Å². The van der Waals surface area contributed by atoms with Gasteiger partial charge < -0.3 is 5.73 Å². The number of fused-ring (bicyclic) bond motifs is 1. The number of nitrogens with two attached hydrogens (primary N) is 1. The van der Waals surface area contributed by atoms with Crippen LogP contribution in [0.4, 0.5) is 0 Å². The van der Waals surface area contributed by atoms with E-state index in [2.05, 4.69) is 24.3 Å². The second-order valence-corrected chi connectivity index (χ2v) is 5.90. The molecule has 1 fully saturated rings. The van der Waals surface area contributed by atoms with Gasteiger partial charge in [-0.2, -0.15) is 0 Å². The summed E-state index contributed by atoms with van der Waals surface area (Å²) in [6.45, 7) is 0. The highest BCUT2D eigenvalue weighted by molar-refractivity contribution is 5.91. The third-order valence-corrected chi connectivity index (χ3v) is 4.41. The van der Waals surface area contributed by atoms with Crippen LogP contribution in [-0.4, -0.2) is 11.8 Å². The second-order valence-electron chi connectivity index (χ2n) is 5.90. The van der Waals surface area contributed by atoms with Gasteiger partial charge in [0, 0.05) is 18.4 Å². The van der Waals surface area contributed by atoms with Crippen LogP contribution in [0.15, 0.2) is 42.5 Å². The van der Waals surface area contributed by atoms with Gasteiger partial charge in [-0.15, -0.1) is 0 Å². The van der Waals surface area contributed by atoms with E-state index >= 15 is 0 Å². The molecule has 104 valence electrons. The molecule has 20 heavy (non-hydrogen) atoms. The molecule has 0 bridgehead atoms. The number of benzene rings is 2. The Labute approximate surface area is 120 Å². The summed E-state index contributed by atoms with van der Waals surface area (Å²) in [6, 6.07) is 14.7. The van der Waals surface area contributed by atoms with E-state index in [9.17, 15) is 4.79 Å². The van der Waals surface area contributed by atoms with Gasteiger partial charge in [0.15, 0.2) is 0 Å². The molecule has 1 aliphatic carbocycles. The standard InChI is InChI=1S/C18H21NO/c19-16-9-4-8-15(11-16)18(20)12-14-7-3-6-13-5-1-2-10-17(13)14/h1-3,5-7,10,15-16H,4,8-9,11-12,19H2. The van der Waals surface area contributed by atoms with Crippen LogP contribution in [0.3, 0.4) is 0 Å². The zero-order valence-corrected chi connectivity index (χ0v) is 11.7. The molecule has 0 radical (unpaired) electrons. The molecule has 0 amide bonds. The lowest BCUT2D eigenvalue weighted by Crippen LogP contribution is -2.32. The molecule has 3 rings (SSSR count). The van der Waals surface area contributed by atoms with E-state index in [1.807, 2.05) is 18.2 Å². The molecule has 0 spiro atoms. The Morgan fingerprint density at radius 3 is 2.75 bits per heavy atom. The number of rotatable bonds is 3. The molecule has 0 heterocycles. The maximum Gasteiger partial charge on any atom is 0.140 e. The summed E-state index contributed by atoms with van der Waals surface area (Å²) >= 11 is 0. The normalized spacial score (nSPS) is 22.9. The van der Waals surface area contributed by atoms with Crippen LogP contribution in [0.25, 0.3) is 10.8 Å². The Morgan fingerprint density at radius 1 is 1.10 bits per heavy atom. The van der Waals surface area contributed by atoms with E-state index in [0.717, 1.165) is 31.2 Å². The minimum Gasteiger partial charge on any atom is -0.328 e. The number of hydrogen-bond acceptors (Lipinski definition) is 2. The van der Waals surface area contributed by atoms with Crippen molar-refractivity contribution >= 4 is 16.6 Å². The molecule has 1 aliphatic rings. The summed E-state index contributed by atoms with van der Waals surface area (Å²) in [5.74, 6) is 0.522. The van der Waals surface area contributed by atoms with Crippen LogP contribution < -0.4 is 5.73 Å². The fourth-order valence-corrected chi connectivity index (χ4v) is 3.30. The second kappa shape index (κ2) is 5.76. The van der Waals surface area contributed by atoms with Crippen molar-refractivity contribution in [2.24, 2.45) is 11.7 Å². The summed E-state index contributed by atoms with van der Waals surface area (Å²) in [7, 11) is 0. The molecule has 2 nitrogen and oxygen atoms in total. The number of hydrogen-bond donors (Lipinski definition) is 1. The van der Waals surface area contributed by atoms with Crippen molar-refractivity contribution in [2.45, 2.75) is 38.1 Å². The number of carbonyl (C=O) groups is 1. The zero-order chi connectivity index (χ0) is 13.9. The first-order valence-corrected chi connectivity index (χ1v) is 7.49. The molecule has 2 unspecified atom stereocenters. The predicted molar refractivity (Wildman–Crippen MR) is 82.6 cm³/mol. The van der Waals surface area contributed by atoms with E-state index in [1.54, 1.807) is 0 Å². The highest BCUT2D eigenvalue weighted by Gasteiger charge is 2.25. The van der Waals surface area contributed by atoms with E-state index in [4.69, 9.17) is 5.73 Å². The molecule has 2 aromatic rings. The minimum absolute atomic E-state index is 0.165. The van der Waals surface area contributed by atoms with Gasteiger partial charge in [0.1, 0.15) is 5.78 Å². The smallest absolute Gasteiger partial charge is 0.140 e. The van der Waals surface area contributed by atoms with E-state index < -0.39 is 0 Å². The van der Waals surface area contributed by atoms with Gasteiger partial charge >= 0.3 is 0 Å². The third kappa shape index (κ3) is 2.75. The average Bonchev–Trinajstić information content (AvgIpc) is 2.47. The summed E-state index contributed by atoms with van der Waals surface area (Å²) in [6.07, 6.45) is 4.57. The molecule has 1 saturated carbocycles. The molecule has 0 aliphatic heterocycles. The monoisotopic (exact) mass is 267 g/mol. The molecule has 2 heteroatoms. The van der Waals surface area contributed by atoms with Gasteiger partial charge in [0.2, 0.25) is 0 Å². The molecule has 2 atom stereocenters. The number of ketones is 1. The van der Waals surface area contributed by atoms with Crippen LogP contribution in [0.5, 0.6) is 0 Å². The van der Waals surface area contributed by atoms with E-state index in [1.165, 1.54) is 10.8 Å². The Kier molecular flexibility index (Phi) is 3.83. The van der Waals surface area contributed by atoms with Crippen molar-refractivity contribution in [3.63, 3.8) is 0 Å². The number of carbonyl (C=O) groups excluding carboxylic acids is 1. The first-order chi connectivity index (χ1) is 9.74. The highest BCUT2D eigenvalue weighted by atomic mass is 16.1. The third-order valence-electron chi connectivity index (χ3n) is 4.41. The Morgan fingerprint density at radius 2 is 1.90 bits per heavy atom. The van der Waals surface area contributed by atoms with Crippen molar-refractivity contribution in [1.82, 2.24) is 0 Å². The topological polar surface area (TPSA) is 43.1 Å². The Bertz CT molecular complexity index is 614. The minimum atomic E-state index is 0.165. The molecule has 0 saturated heterocycles. The van der Waals surface area contributed by atoms with Crippen LogP contribution in [0, 0.1) is 5.92 Å². The summed E-state index contributed by atoms with van der Waals surface area (Å²) in [4.78, 5) is 12.5. The van der Waals surface area contributed by atoms with Gasteiger partial charge in [0.25, 0.3) is 0 Å². The Balaban J connectivity index is 1.80. The fourth-order valence-electron chi connectivity index (χ4n) is 3.30. The van der Waals surface area contributed by atoms with Gasteiger partial charge in [0.05, 0.1) is 0 Å². The largest absolute Gasteiger partial charge is 0.328 e. The molecule has 2 aromatic carbocycles. The quantitative estimate of drug-likeness (QED) is 0.925. The zero-order valence-electron chi connectivity index (χ0n) is 11.7. The highest BCUT2D eigenvalue weighted by Crippen LogP contribution is 2.26. The lowest BCUT2D eigenvalue weighted by molar-refractivity contribution is -0.123. The fraction of sp³-hybridized carbons (Fsp3) is 0.389. The summed E-state index contributed by atoms with van der Waals surface area (Å²) < 4.78 is 0. The van der Waals surface area contributed by atoms with Crippen molar-refractivity contribution in [1.29, 1.82) is 0 Å². The summed E-state index contributed by atoms with van der Waals surface area (Å²) in [5.41, 5.74) is 7.14. The lowest BCUT2D eigenvalue weighted by atomic mass is 9.81. The van der Waals surface area contributed by atoms with Crippen LogP contribution in [-0.2, 0) is 11.2 Å². The first kappa shape index (κ1) is 13.3. The number of Topliss-reactive ketones (excluding diaryl/α,β-unsaturated/α-hetero) is 1. The van der Waals surface area contributed by atoms with Crippen molar-refractivity contribution < 1.29 is 4.79 Å². The lowest BCUT2D eigenvalue weighted by Gasteiger charge is -2.25. The Hall–Kier alpha value is -1.67. The van der Waals surface area contributed by atoms with Gasteiger partial charge in [-0.1, -0.05) is 48.9 Å². The van der Waals surface area contributed by atoms with Gasteiger partial charge in [-0.3, -0.25) is 4.79 Å².